The van der Waals surface area contributed by atoms with Gasteiger partial charge in [-0.15, -0.1) is 0 Å². The zero-order chi connectivity index (χ0) is 13.8. The Labute approximate surface area is 121 Å². The fourth-order valence-electron chi connectivity index (χ4n) is 2.92. The first kappa shape index (κ1) is 14.7. The van der Waals surface area contributed by atoms with Crippen LogP contribution in [0.3, 0.4) is 0 Å². The highest BCUT2D eigenvalue weighted by Gasteiger charge is 2.24. The van der Waals surface area contributed by atoms with Crippen molar-refractivity contribution in [2.45, 2.75) is 52.1 Å². The molecule has 0 aromatic heterocycles. The summed E-state index contributed by atoms with van der Waals surface area (Å²) in [4.78, 5) is 0. The average Bonchev–Trinajstić information content (AvgIpc) is 2.61. The van der Waals surface area contributed by atoms with Crippen LogP contribution in [0.15, 0.2) is 12.1 Å². The lowest BCUT2D eigenvalue weighted by atomic mass is 9.97. The minimum atomic E-state index is 0.257. The third-order valence-corrected chi connectivity index (χ3v) is 4.69. The van der Waals surface area contributed by atoms with E-state index in [1.54, 1.807) is 0 Å². The van der Waals surface area contributed by atoms with E-state index >= 15 is 0 Å². The Balaban J connectivity index is 2.14. The van der Waals surface area contributed by atoms with Gasteiger partial charge >= 0.3 is 0 Å². The molecule has 0 aliphatic heterocycles. The van der Waals surface area contributed by atoms with Gasteiger partial charge in [0.1, 0.15) is 11.9 Å². The molecule has 106 valence electrons. The fraction of sp³-hybridized carbons (Fsp3) is 0.625. The summed E-state index contributed by atoms with van der Waals surface area (Å²) in [6.45, 7) is 4.77. The Morgan fingerprint density at radius 2 is 1.79 bits per heavy atom. The van der Waals surface area contributed by atoms with Gasteiger partial charge in [0.2, 0.25) is 0 Å². The molecule has 3 heteroatoms. The van der Waals surface area contributed by atoms with Crippen LogP contribution in [-0.4, -0.2) is 12.6 Å². The summed E-state index contributed by atoms with van der Waals surface area (Å²) >= 11 is 6.20. The number of benzene rings is 1. The predicted molar refractivity (Wildman–Crippen MR) is 81.0 cm³/mol. The molecular weight excluding hydrogens is 258 g/mol. The van der Waals surface area contributed by atoms with Crippen LogP contribution in [-0.2, 0) is 0 Å². The summed E-state index contributed by atoms with van der Waals surface area (Å²) in [7, 11) is 0. The first-order valence-corrected chi connectivity index (χ1v) is 7.63. The minimum absolute atomic E-state index is 0.257. The Bertz CT molecular complexity index is 410. The van der Waals surface area contributed by atoms with Gasteiger partial charge in [-0.05, 0) is 62.9 Å². The summed E-state index contributed by atoms with van der Waals surface area (Å²) in [5.74, 6) is 1.42. The smallest absolute Gasteiger partial charge is 0.120 e. The lowest BCUT2D eigenvalue weighted by molar-refractivity contribution is 0.129. The Morgan fingerprint density at radius 3 is 2.42 bits per heavy atom. The molecule has 1 aliphatic carbocycles. The van der Waals surface area contributed by atoms with E-state index in [0.29, 0.717) is 5.92 Å². The fourth-order valence-corrected chi connectivity index (χ4v) is 3.03. The standard InChI is InChI=1S/C16H24ClNO/c1-11-8-14(9-12(2)16(11)17)19-15-7-5-3-4-6-13(15)10-18/h8-9,13,15H,3-7,10,18H2,1-2H3. The summed E-state index contributed by atoms with van der Waals surface area (Å²) in [5.41, 5.74) is 8.06. The Hall–Kier alpha value is -0.730. The minimum Gasteiger partial charge on any atom is -0.490 e. The molecule has 0 amide bonds. The monoisotopic (exact) mass is 281 g/mol. The second kappa shape index (κ2) is 6.62. The molecule has 0 spiro atoms. The van der Waals surface area contributed by atoms with Crippen molar-refractivity contribution in [2.24, 2.45) is 11.7 Å². The van der Waals surface area contributed by atoms with Crippen LogP contribution in [0.4, 0.5) is 0 Å². The van der Waals surface area contributed by atoms with Crippen molar-refractivity contribution in [3.8, 4) is 5.75 Å². The van der Waals surface area contributed by atoms with Crippen LogP contribution in [0, 0.1) is 19.8 Å². The van der Waals surface area contributed by atoms with Crippen LogP contribution < -0.4 is 10.5 Å². The summed E-state index contributed by atoms with van der Waals surface area (Å²) in [6, 6.07) is 4.07. The van der Waals surface area contributed by atoms with E-state index in [2.05, 4.69) is 0 Å². The van der Waals surface area contributed by atoms with E-state index in [9.17, 15) is 0 Å². The van der Waals surface area contributed by atoms with E-state index in [1.807, 2.05) is 26.0 Å². The van der Waals surface area contributed by atoms with Gasteiger partial charge in [-0.25, -0.2) is 0 Å². The zero-order valence-corrected chi connectivity index (χ0v) is 12.7. The molecule has 0 saturated heterocycles. The van der Waals surface area contributed by atoms with E-state index in [1.165, 1.54) is 25.7 Å². The van der Waals surface area contributed by atoms with Gasteiger partial charge in [0, 0.05) is 10.9 Å². The molecule has 0 heterocycles. The maximum absolute atomic E-state index is 6.22. The third kappa shape index (κ3) is 3.64. The SMILES string of the molecule is Cc1cc(OC2CCCCCC2CN)cc(C)c1Cl. The van der Waals surface area contributed by atoms with Crippen LogP contribution in [0.2, 0.25) is 5.02 Å². The zero-order valence-electron chi connectivity index (χ0n) is 11.9. The van der Waals surface area contributed by atoms with E-state index in [0.717, 1.165) is 34.9 Å². The maximum atomic E-state index is 6.22. The van der Waals surface area contributed by atoms with E-state index in [4.69, 9.17) is 22.1 Å². The molecule has 1 saturated carbocycles. The van der Waals surface area contributed by atoms with E-state index < -0.39 is 0 Å². The topological polar surface area (TPSA) is 35.2 Å². The van der Waals surface area contributed by atoms with Gasteiger partial charge < -0.3 is 10.5 Å². The van der Waals surface area contributed by atoms with Gasteiger partial charge in [-0.3, -0.25) is 0 Å². The van der Waals surface area contributed by atoms with Gasteiger partial charge in [-0.2, -0.15) is 0 Å². The molecule has 2 nitrogen and oxygen atoms in total. The van der Waals surface area contributed by atoms with Crippen LogP contribution >= 0.6 is 11.6 Å². The van der Waals surface area contributed by atoms with Gasteiger partial charge in [0.15, 0.2) is 0 Å². The second-order valence-electron chi connectivity index (χ2n) is 5.66. The lowest BCUT2D eigenvalue weighted by Gasteiger charge is -2.25. The molecule has 2 atom stereocenters. The number of nitrogens with two attached hydrogens (primary N) is 1. The van der Waals surface area contributed by atoms with Crippen molar-refractivity contribution < 1.29 is 4.74 Å². The number of ether oxygens (including phenoxy) is 1. The largest absolute Gasteiger partial charge is 0.490 e. The quantitative estimate of drug-likeness (QED) is 0.841. The molecular formula is C16H24ClNO. The van der Waals surface area contributed by atoms with Gasteiger partial charge in [-0.1, -0.05) is 24.4 Å². The molecule has 19 heavy (non-hydrogen) atoms. The van der Waals surface area contributed by atoms with Crippen molar-refractivity contribution in [3.05, 3.63) is 28.3 Å². The molecule has 1 aliphatic rings. The summed E-state index contributed by atoms with van der Waals surface area (Å²) < 4.78 is 6.22. The Kier molecular flexibility index (Phi) is 5.12. The highest BCUT2D eigenvalue weighted by Crippen LogP contribution is 2.30. The molecule has 2 N–H and O–H groups in total. The first-order chi connectivity index (χ1) is 9.11. The molecule has 1 fully saturated rings. The van der Waals surface area contributed by atoms with Crippen LogP contribution in [0.5, 0.6) is 5.75 Å². The van der Waals surface area contributed by atoms with Gasteiger partial charge in [0.25, 0.3) is 0 Å². The number of rotatable bonds is 3. The molecule has 0 bridgehead atoms. The highest BCUT2D eigenvalue weighted by molar-refractivity contribution is 6.32. The second-order valence-corrected chi connectivity index (χ2v) is 6.04. The highest BCUT2D eigenvalue weighted by atomic mass is 35.5. The lowest BCUT2D eigenvalue weighted by Crippen LogP contribution is -2.31. The molecule has 1 aromatic carbocycles. The number of halogens is 1. The maximum Gasteiger partial charge on any atom is 0.120 e. The van der Waals surface area contributed by atoms with Crippen LogP contribution in [0.25, 0.3) is 0 Å². The average molecular weight is 282 g/mol. The first-order valence-electron chi connectivity index (χ1n) is 7.25. The number of aryl methyl sites for hydroxylation is 2. The van der Waals surface area contributed by atoms with Gasteiger partial charge in [0.05, 0.1) is 0 Å². The third-order valence-electron chi connectivity index (χ3n) is 4.09. The van der Waals surface area contributed by atoms with Crippen molar-refractivity contribution in [1.29, 1.82) is 0 Å². The molecule has 2 unspecified atom stereocenters. The summed E-state index contributed by atoms with van der Waals surface area (Å²) in [5, 5.41) is 0.837. The Morgan fingerprint density at radius 1 is 1.16 bits per heavy atom. The van der Waals surface area contributed by atoms with Crippen molar-refractivity contribution in [1.82, 2.24) is 0 Å². The normalized spacial score (nSPS) is 24.0. The summed E-state index contributed by atoms with van der Waals surface area (Å²) in [6.07, 6.45) is 6.38. The van der Waals surface area contributed by atoms with Crippen LogP contribution in [0.1, 0.15) is 43.2 Å². The van der Waals surface area contributed by atoms with Crippen molar-refractivity contribution in [2.75, 3.05) is 6.54 Å². The molecule has 1 aromatic rings. The predicted octanol–water partition coefficient (Wildman–Crippen LogP) is 4.24. The molecule has 2 rings (SSSR count). The molecule has 0 radical (unpaired) electrons. The van der Waals surface area contributed by atoms with Crippen molar-refractivity contribution >= 4 is 11.6 Å². The number of hydrogen-bond acceptors (Lipinski definition) is 2. The van der Waals surface area contributed by atoms with Crippen molar-refractivity contribution in [3.63, 3.8) is 0 Å². The number of hydrogen-bond donors (Lipinski definition) is 1. The van der Waals surface area contributed by atoms with E-state index in [-0.39, 0.29) is 6.10 Å².